The van der Waals surface area contributed by atoms with Gasteiger partial charge >= 0.3 is 11.9 Å². The number of para-hydroxylation sites is 1. The molecule has 2 aromatic carbocycles. The van der Waals surface area contributed by atoms with E-state index in [1.165, 1.54) is 5.56 Å². The Labute approximate surface area is 145 Å². The molecule has 2 aliphatic rings. The van der Waals surface area contributed by atoms with E-state index in [-0.39, 0.29) is 0 Å². The Hall–Kier alpha value is -2.86. The fourth-order valence-electron chi connectivity index (χ4n) is 3.08. The minimum absolute atomic E-state index is 0.421. The lowest BCUT2D eigenvalue weighted by Crippen LogP contribution is -2.41. The van der Waals surface area contributed by atoms with Crippen molar-refractivity contribution in [2.24, 2.45) is 0 Å². The number of anilines is 1. The summed E-state index contributed by atoms with van der Waals surface area (Å²) >= 11 is 0. The summed E-state index contributed by atoms with van der Waals surface area (Å²) in [6, 6.07) is 14.7. The van der Waals surface area contributed by atoms with Crippen LogP contribution in [0, 0.1) is 0 Å². The standard InChI is InChI=1S/C10H11NO2.C9H9NO2/c12-10(13)9-5-7-3-1-2-4-8(7)6-11-9;11-9(12)8-5-6-3-1-2-4-7(6)10-8/h1-4,9,11H,5-6H2,(H,12,13);1-4,8,10H,5H2,(H,11,12). The van der Waals surface area contributed by atoms with Gasteiger partial charge in [-0.05, 0) is 29.2 Å². The van der Waals surface area contributed by atoms with Crippen molar-refractivity contribution < 1.29 is 19.8 Å². The summed E-state index contributed by atoms with van der Waals surface area (Å²) in [6.07, 6.45) is 1.18. The lowest BCUT2D eigenvalue weighted by molar-refractivity contribution is -0.140. The van der Waals surface area contributed by atoms with Crippen molar-refractivity contribution >= 4 is 17.6 Å². The molecule has 2 heterocycles. The fraction of sp³-hybridized carbons (Fsp3) is 0.263. The first-order chi connectivity index (χ1) is 12.0. The Balaban J connectivity index is 0.000000146. The van der Waals surface area contributed by atoms with Crippen LogP contribution in [0.15, 0.2) is 48.5 Å². The molecule has 0 aliphatic carbocycles. The van der Waals surface area contributed by atoms with Crippen LogP contribution in [0.1, 0.15) is 16.7 Å². The van der Waals surface area contributed by atoms with Crippen LogP contribution < -0.4 is 10.6 Å². The van der Waals surface area contributed by atoms with Gasteiger partial charge in [-0.2, -0.15) is 0 Å². The summed E-state index contributed by atoms with van der Waals surface area (Å²) in [7, 11) is 0. The number of carboxylic acid groups (broad SMARTS) is 2. The maximum Gasteiger partial charge on any atom is 0.326 e. The van der Waals surface area contributed by atoms with Gasteiger partial charge in [-0.25, -0.2) is 4.79 Å². The molecule has 0 fully saturated rings. The normalized spacial score (nSPS) is 20.3. The first-order valence-electron chi connectivity index (χ1n) is 8.15. The van der Waals surface area contributed by atoms with Gasteiger partial charge < -0.3 is 20.8 Å². The minimum Gasteiger partial charge on any atom is -0.480 e. The van der Waals surface area contributed by atoms with E-state index in [9.17, 15) is 9.59 Å². The van der Waals surface area contributed by atoms with E-state index in [0.29, 0.717) is 19.4 Å². The van der Waals surface area contributed by atoms with Crippen molar-refractivity contribution in [3.63, 3.8) is 0 Å². The number of aliphatic carboxylic acids is 2. The number of rotatable bonds is 2. The molecule has 0 bridgehead atoms. The maximum atomic E-state index is 10.7. The van der Waals surface area contributed by atoms with Crippen LogP contribution in [0.25, 0.3) is 0 Å². The Morgan fingerprint density at radius 1 is 0.800 bits per heavy atom. The smallest absolute Gasteiger partial charge is 0.326 e. The van der Waals surface area contributed by atoms with Crippen LogP contribution >= 0.6 is 0 Å². The average Bonchev–Trinajstić information content (AvgIpc) is 3.06. The number of fused-ring (bicyclic) bond motifs is 2. The van der Waals surface area contributed by atoms with Gasteiger partial charge in [-0.3, -0.25) is 4.79 Å². The molecule has 6 heteroatoms. The number of hydrogen-bond acceptors (Lipinski definition) is 4. The molecule has 4 N–H and O–H groups in total. The van der Waals surface area contributed by atoms with Crippen LogP contribution in [0.2, 0.25) is 0 Å². The Kier molecular flexibility index (Phi) is 5.00. The second kappa shape index (κ2) is 7.36. The average molecular weight is 340 g/mol. The highest BCUT2D eigenvalue weighted by Gasteiger charge is 2.25. The molecule has 4 rings (SSSR count). The molecule has 2 atom stereocenters. The second-order valence-electron chi connectivity index (χ2n) is 6.14. The molecule has 2 aliphatic heterocycles. The summed E-state index contributed by atoms with van der Waals surface area (Å²) < 4.78 is 0. The lowest BCUT2D eigenvalue weighted by atomic mass is 9.96. The Bertz CT molecular complexity index is 765. The summed E-state index contributed by atoms with van der Waals surface area (Å²) in [5.41, 5.74) is 4.39. The van der Waals surface area contributed by atoms with Crippen molar-refractivity contribution in [2.75, 3.05) is 5.32 Å². The van der Waals surface area contributed by atoms with Crippen LogP contribution in [0.4, 0.5) is 5.69 Å². The quantitative estimate of drug-likeness (QED) is 0.666. The summed E-state index contributed by atoms with van der Waals surface area (Å²) in [5, 5.41) is 23.4. The Morgan fingerprint density at radius 3 is 2.00 bits per heavy atom. The molecule has 0 aromatic heterocycles. The van der Waals surface area contributed by atoms with Gasteiger partial charge in [0.1, 0.15) is 12.1 Å². The second-order valence-corrected chi connectivity index (χ2v) is 6.14. The highest BCUT2D eigenvalue weighted by Crippen LogP contribution is 2.24. The fourth-order valence-corrected chi connectivity index (χ4v) is 3.08. The number of benzene rings is 2. The van der Waals surface area contributed by atoms with Crippen molar-refractivity contribution in [1.82, 2.24) is 5.32 Å². The van der Waals surface area contributed by atoms with Gasteiger partial charge in [0.2, 0.25) is 0 Å². The van der Waals surface area contributed by atoms with Crippen LogP contribution in [-0.2, 0) is 29.0 Å². The summed E-state index contributed by atoms with van der Waals surface area (Å²) in [4.78, 5) is 21.3. The SMILES string of the molecule is O=C(O)C1Cc2ccccc2CN1.O=C(O)C1Cc2ccccc2N1. The molecule has 2 aromatic rings. The number of hydrogen-bond donors (Lipinski definition) is 4. The van der Waals surface area contributed by atoms with Crippen LogP contribution in [-0.4, -0.2) is 34.2 Å². The summed E-state index contributed by atoms with van der Waals surface area (Å²) in [5.74, 6) is -1.55. The van der Waals surface area contributed by atoms with Gasteiger partial charge in [0.25, 0.3) is 0 Å². The third-order valence-corrected chi connectivity index (χ3v) is 4.45. The van der Waals surface area contributed by atoms with E-state index >= 15 is 0 Å². The predicted octanol–water partition coefficient (Wildman–Crippen LogP) is 1.89. The van der Waals surface area contributed by atoms with E-state index in [1.54, 1.807) is 0 Å². The first-order valence-corrected chi connectivity index (χ1v) is 8.15. The van der Waals surface area contributed by atoms with Crippen LogP contribution in [0.3, 0.4) is 0 Å². The zero-order valence-corrected chi connectivity index (χ0v) is 13.6. The molecule has 0 saturated carbocycles. The van der Waals surface area contributed by atoms with Crippen molar-refractivity contribution in [1.29, 1.82) is 0 Å². The van der Waals surface area contributed by atoms with Gasteiger partial charge in [0.05, 0.1) is 0 Å². The van der Waals surface area contributed by atoms with Crippen molar-refractivity contribution in [3.05, 3.63) is 65.2 Å². The van der Waals surface area contributed by atoms with E-state index in [0.717, 1.165) is 16.8 Å². The van der Waals surface area contributed by atoms with Crippen molar-refractivity contribution in [2.45, 2.75) is 31.5 Å². The molecule has 25 heavy (non-hydrogen) atoms. The molecule has 0 radical (unpaired) electrons. The number of nitrogens with one attached hydrogen (secondary N) is 2. The first kappa shape index (κ1) is 17.0. The third-order valence-electron chi connectivity index (χ3n) is 4.45. The maximum absolute atomic E-state index is 10.7. The Morgan fingerprint density at radius 2 is 1.36 bits per heavy atom. The number of carboxylic acids is 2. The zero-order valence-electron chi connectivity index (χ0n) is 13.6. The van der Waals surface area contributed by atoms with E-state index < -0.39 is 24.0 Å². The van der Waals surface area contributed by atoms with Crippen molar-refractivity contribution in [3.8, 4) is 0 Å². The van der Waals surface area contributed by atoms with Gasteiger partial charge in [-0.1, -0.05) is 42.5 Å². The topological polar surface area (TPSA) is 98.7 Å². The van der Waals surface area contributed by atoms with E-state index in [2.05, 4.69) is 10.6 Å². The molecular formula is C19H20N2O4. The highest BCUT2D eigenvalue weighted by atomic mass is 16.4. The van der Waals surface area contributed by atoms with Crippen LogP contribution in [0.5, 0.6) is 0 Å². The predicted molar refractivity (Wildman–Crippen MR) is 93.6 cm³/mol. The van der Waals surface area contributed by atoms with Gasteiger partial charge in [0, 0.05) is 18.7 Å². The number of carbonyl (C=O) groups is 2. The lowest BCUT2D eigenvalue weighted by Gasteiger charge is -2.22. The minimum atomic E-state index is -0.786. The highest BCUT2D eigenvalue weighted by molar-refractivity contribution is 5.81. The third kappa shape index (κ3) is 3.97. The molecule has 6 nitrogen and oxygen atoms in total. The molecule has 0 saturated heterocycles. The van der Waals surface area contributed by atoms with Gasteiger partial charge in [0.15, 0.2) is 0 Å². The molecule has 0 spiro atoms. The van der Waals surface area contributed by atoms with E-state index in [1.807, 2.05) is 48.5 Å². The molecule has 2 unspecified atom stereocenters. The molecule has 130 valence electrons. The van der Waals surface area contributed by atoms with E-state index in [4.69, 9.17) is 10.2 Å². The largest absolute Gasteiger partial charge is 0.480 e. The monoisotopic (exact) mass is 340 g/mol. The summed E-state index contributed by atoms with van der Waals surface area (Å²) in [6.45, 7) is 0.660. The zero-order chi connectivity index (χ0) is 17.8. The molecular weight excluding hydrogens is 320 g/mol. The molecule has 0 amide bonds. The van der Waals surface area contributed by atoms with Gasteiger partial charge in [-0.15, -0.1) is 0 Å².